The molecule has 0 aliphatic rings. The molecule has 25 heavy (non-hydrogen) atoms. The Morgan fingerprint density at radius 2 is 1.92 bits per heavy atom. The topological polar surface area (TPSA) is 80.9 Å². The van der Waals surface area contributed by atoms with Crippen LogP contribution in [0.15, 0.2) is 46.8 Å². The van der Waals surface area contributed by atoms with E-state index in [0.29, 0.717) is 5.56 Å². The van der Waals surface area contributed by atoms with Crippen LogP contribution in [-0.4, -0.2) is 16.1 Å². The number of benzene rings is 2. The minimum Gasteiger partial charge on any atom is -0.366 e. The number of primary amides is 1. The summed E-state index contributed by atoms with van der Waals surface area (Å²) < 4.78 is 0.895. The number of nitrogens with one attached hydrogen (secondary N) is 1. The summed E-state index contributed by atoms with van der Waals surface area (Å²) in [7, 11) is 0. The first-order valence-corrected chi connectivity index (χ1v) is 9.51. The molecule has 128 valence electrons. The van der Waals surface area contributed by atoms with Gasteiger partial charge in [0, 0.05) is 17.0 Å². The second kappa shape index (κ2) is 7.67. The van der Waals surface area contributed by atoms with Gasteiger partial charge in [0.25, 0.3) is 0 Å². The normalized spacial score (nSPS) is 10.6. The molecular weight excluding hydrogens is 352 g/mol. The minimum absolute atomic E-state index is 0.412. The molecule has 0 saturated carbocycles. The third kappa shape index (κ3) is 4.37. The van der Waals surface area contributed by atoms with E-state index >= 15 is 0 Å². The van der Waals surface area contributed by atoms with Gasteiger partial charge >= 0.3 is 0 Å². The lowest BCUT2D eigenvalue weighted by Crippen LogP contribution is -2.10. The van der Waals surface area contributed by atoms with Gasteiger partial charge in [-0.15, -0.1) is 10.2 Å². The monoisotopic (exact) mass is 370 g/mol. The summed E-state index contributed by atoms with van der Waals surface area (Å²) in [6.45, 7) is 4.18. The predicted octanol–water partition coefficient (Wildman–Crippen LogP) is 4.29. The van der Waals surface area contributed by atoms with E-state index in [1.54, 1.807) is 23.9 Å². The average molecular weight is 371 g/mol. The van der Waals surface area contributed by atoms with E-state index in [4.69, 9.17) is 5.73 Å². The molecule has 0 saturated heterocycles. The number of carbonyl (C=O) groups is 1. The Morgan fingerprint density at radius 1 is 1.16 bits per heavy atom. The molecule has 2 aromatic carbocycles. The van der Waals surface area contributed by atoms with Crippen molar-refractivity contribution in [3.8, 4) is 0 Å². The lowest BCUT2D eigenvalue weighted by molar-refractivity contribution is 0.100. The Bertz CT molecular complexity index is 890. The second-order valence-electron chi connectivity index (χ2n) is 5.60. The van der Waals surface area contributed by atoms with Gasteiger partial charge < -0.3 is 11.1 Å². The average Bonchev–Trinajstić information content (AvgIpc) is 3.05. The van der Waals surface area contributed by atoms with Crippen molar-refractivity contribution in [2.45, 2.75) is 23.9 Å². The van der Waals surface area contributed by atoms with Crippen molar-refractivity contribution in [3.63, 3.8) is 0 Å². The summed E-state index contributed by atoms with van der Waals surface area (Å²) in [6.07, 6.45) is 0. The number of nitrogens with zero attached hydrogens (tertiary/aromatic N) is 2. The molecule has 0 spiro atoms. The molecule has 5 nitrogen and oxygen atoms in total. The number of carbonyl (C=O) groups excluding carboxylic acids is 1. The third-order valence-corrected chi connectivity index (χ3v) is 5.90. The van der Waals surface area contributed by atoms with Crippen LogP contribution in [0.3, 0.4) is 0 Å². The number of hydrogen-bond donors (Lipinski definition) is 2. The van der Waals surface area contributed by atoms with E-state index in [9.17, 15) is 4.79 Å². The van der Waals surface area contributed by atoms with Crippen molar-refractivity contribution in [1.82, 2.24) is 10.2 Å². The van der Waals surface area contributed by atoms with Crippen molar-refractivity contribution < 1.29 is 4.79 Å². The van der Waals surface area contributed by atoms with Gasteiger partial charge in [0.2, 0.25) is 11.0 Å². The number of aryl methyl sites for hydroxylation is 1. The van der Waals surface area contributed by atoms with E-state index in [2.05, 4.69) is 35.4 Å². The quantitative estimate of drug-likeness (QED) is 0.633. The zero-order chi connectivity index (χ0) is 17.8. The maximum absolute atomic E-state index is 11.1. The van der Waals surface area contributed by atoms with E-state index in [1.807, 2.05) is 24.3 Å². The fourth-order valence-corrected chi connectivity index (χ4v) is 3.95. The Kier molecular flexibility index (Phi) is 5.35. The van der Waals surface area contributed by atoms with Crippen molar-refractivity contribution in [2.75, 3.05) is 5.32 Å². The highest BCUT2D eigenvalue weighted by Gasteiger charge is 2.08. The number of anilines is 2. The maximum atomic E-state index is 11.1. The largest absolute Gasteiger partial charge is 0.366 e. The maximum Gasteiger partial charge on any atom is 0.248 e. The van der Waals surface area contributed by atoms with E-state index in [1.165, 1.54) is 22.5 Å². The van der Waals surface area contributed by atoms with Crippen LogP contribution in [0, 0.1) is 13.8 Å². The SMILES string of the molecule is Cc1cccc(Nc2nnc(SCc3ccc(C(N)=O)cc3)s2)c1C. The lowest BCUT2D eigenvalue weighted by Gasteiger charge is -2.08. The van der Waals surface area contributed by atoms with Gasteiger partial charge in [-0.25, -0.2) is 0 Å². The van der Waals surface area contributed by atoms with Gasteiger partial charge in [-0.3, -0.25) is 4.79 Å². The molecule has 0 aliphatic carbocycles. The molecule has 3 N–H and O–H groups in total. The van der Waals surface area contributed by atoms with Crippen LogP contribution in [0.2, 0.25) is 0 Å². The number of thioether (sulfide) groups is 1. The Labute approximate surface area is 154 Å². The van der Waals surface area contributed by atoms with E-state index in [0.717, 1.165) is 26.5 Å². The minimum atomic E-state index is -0.412. The first-order valence-electron chi connectivity index (χ1n) is 7.71. The second-order valence-corrected chi connectivity index (χ2v) is 7.80. The number of amides is 1. The number of hydrogen-bond acceptors (Lipinski definition) is 6. The first-order chi connectivity index (χ1) is 12.0. The Morgan fingerprint density at radius 3 is 2.64 bits per heavy atom. The predicted molar refractivity (Wildman–Crippen MR) is 104 cm³/mol. The lowest BCUT2D eigenvalue weighted by atomic mass is 10.1. The third-order valence-electron chi connectivity index (χ3n) is 3.85. The summed E-state index contributed by atoms with van der Waals surface area (Å²) in [6, 6.07) is 13.4. The van der Waals surface area contributed by atoms with E-state index < -0.39 is 5.91 Å². The van der Waals surface area contributed by atoms with Gasteiger partial charge in [-0.05, 0) is 48.7 Å². The highest BCUT2D eigenvalue weighted by molar-refractivity contribution is 8.00. The molecule has 7 heteroatoms. The van der Waals surface area contributed by atoms with Gasteiger partial charge in [0.15, 0.2) is 4.34 Å². The molecule has 0 radical (unpaired) electrons. The number of rotatable bonds is 6. The first kappa shape index (κ1) is 17.4. The van der Waals surface area contributed by atoms with Crippen molar-refractivity contribution in [2.24, 2.45) is 5.73 Å². The molecule has 1 amide bonds. The molecule has 0 fully saturated rings. The molecule has 0 atom stereocenters. The molecule has 0 unspecified atom stereocenters. The van der Waals surface area contributed by atoms with Crippen LogP contribution in [0.5, 0.6) is 0 Å². The summed E-state index contributed by atoms with van der Waals surface area (Å²) in [5, 5.41) is 12.5. The fourth-order valence-electron chi connectivity index (χ4n) is 2.23. The van der Waals surface area contributed by atoms with Gasteiger partial charge in [-0.1, -0.05) is 47.4 Å². The van der Waals surface area contributed by atoms with Crippen LogP contribution in [-0.2, 0) is 5.75 Å². The zero-order valence-corrected chi connectivity index (χ0v) is 15.6. The van der Waals surface area contributed by atoms with Crippen molar-refractivity contribution >= 4 is 39.8 Å². The van der Waals surface area contributed by atoms with Crippen LogP contribution in [0.4, 0.5) is 10.8 Å². The number of aromatic nitrogens is 2. The Balaban J connectivity index is 1.62. The zero-order valence-electron chi connectivity index (χ0n) is 13.9. The van der Waals surface area contributed by atoms with Crippen molar-refractivity contribution in [3.05, 3.63) is 64.7 Å². The number of nitrogens with two attached hydrogens (primary N) is 1. The van der Waals surface area contributed by atoms with Crippen LogP contribution in [0.25, 0.3) is 0 Å². The van der Waals surface area contributed by atoms with Gasteiger partial charge in [0.1, 0.15) is 0 Å². The van der Waals surface area contributed by atoms with Crippen LogP contribution in [0.1, 0.15) is 27.0 Å². The smallest absolute Gasteiger partial charge is 0.248 e. The van der Waals surface area contributed by atoms with Gasteiger partial charge in [0.05, 0.1) is 0 Å². The summed E-state index contributed by atoms with van der Waals surface area (Å²) in [5.74, 6) is 0.349. The molecule has 3 aromatic rings. The summed E-state index contributed by atoms with van der Waals surface area (Å²) >= 11 is 3.14. The van der Waals surface area contributed by atoms with Crippen LogP contribution < -0.4 is 11.1 Å². The summed E-state index contributed by atoms with van der Waals surface area (Å²) in [4.78, 5) is 11.1. The van der Waals surface area contributed by atoms with Gasteiger partial charge in [-0.2, -0.15) is 0 Å². The molecular formula is C18H18N4OS2. The fraction of sp³-hybridized carbons (Fsp3) is 0.167. The highest BCUT2D eigenvalue weighted by Crippen LogP contribution is 2.31. The van der Waals surface area contributed by atoms with E-state index in [-0.39, 0.29) is 0 Å². The molecule has 1 aromatic heterocycles. The molecule has 0 aliphatic heterocycles. The molecule has 1 heterocycles. The molecule has 3 rings (SSSR count). The molecule has 0 bridgehead atoms. The summed E-state index contributed by atoms with van der Waals surface area (Å²) in [5.41, 5.74) is 10.4. The van der Waals surface area contributed by atoms with Crippen LogP contribution >= 0.6 is 23.1 Å². The highest BCUT2D eigenvalue weighted by atomic mass is 32.2. The standard InChI is InChI=1S/C18H18N4OS2/c1-11-4-3-5-15(12(11)2)20-17-21-22-18(25-17)24-10-13-6-8-14(9-7-13)16(19)23/h3-9H,10H2,1-2H3,(H2,19,23)(H,20,21). The Hall–Kier alpha value is -2.38. The van der Waals surface area contributed by atoms with Crippen molar-refractivity contribution in [1.29, 1.82) is 0 Å².